The molecule has 0 unspecified atom stereocenters. The summed E-state index contributed by atoms with van der Waals surface area (Å²) in [6, 6.07) is 13.4. The van der Waals surface area contributed by atoms with E-state index < -0.39 is 0 Å². The van der Waals surface area contributed by atoms with Crippen molar-refractivity contribution in [3.63, 3.8) is 0 Å². The van der Waals surface area contributed by atoms with E-state index in [4.69, 9.17) is 4.74 Å². The number of methoxy groups -OCH3 is 1. The lowest BCUT2D eigenvalue weighted by Crippen LogP contribution is -2.24. The molecule has 2 aromatic rings. The molecule has 0 bridgehead atoms. The minimum absolute atomic E-state index is 0.100. The second kappa shape index (κ2) is 7.43. The third-order valence-electron chi connectivity index (χ3n) is 3.19. The molecule has 0 atom stereocenters. The van der Waals surface area contributed by atoms with Gasteiger partial charge in [-0.3, -0.25) is 4.79 Å². The normalized spacial score (nSPS) is 10.2. The first-order valence-electron chi connectivity index (χ1n) is 6.86. The zero-order valence-electron chi connectivity index (χ0n) is 11.9. The summed E-state index contributed by atoms with van der Waals surface area (Å²) in [6.45, 7) is 0.586. The molecule has 0 aliphatic rings. The van der Waals surface area contributed by atoms with E-state index in [0.29, 0.717) is 12.1 Å². The Kier molecular flexibility index (Phi) is 5.32. The summed E-state index contributed by atoms with van der Waals surface area (Å²) < 4.78 is 17.8. The molecule has 1 amide bonds. The zero-order valence-corrected chi connectivity index (χ0v) is 11.9. The monoisotopic (exact) mass is 287 g/mol. The first-order valence-corrected chi connectivity index (χ1v) is 6.86. The first-order chi connectivity index (χ1) is 10.2. The molecule has 0 spiro atoms. The SMILES string of the molecule is COc1ccc(C(=O)NCCCc2ccc(F)cc2)cc1. The van der Waals surface area contributed by atoms with Crippen LogP contribution in [0.1, 0.15) is 22.3 Å². The number of benzene rings is 2. The van der Waals surface area contributed by atoms with E-state index in [1.807, 2.05) is 0 Å². The van der Waals surface area contributed by atoms with Crippen LogP contribution < -0.4 is 10.1 Å². The van der Waals surface area contributed by atoms with Gasteiger partial charge < -0.3 is 10.1 Å². The van der Waals surface area contributed by atoms with Crippen LogP contribution in [0.4, 0.5) is 4.39 Å². The molecule has 0 aliphatic heterocycles. The van der Waals surface area contributed by atoms with Gasteiger partial charge in [0.05, 0.1) is 7.11 Å². The number of carbonyl (C=O) groups is 1. The van der Waals surface area contributed by atoms with E-state index >= 15 is 0 Å². The fraction of sp³-hybridized carbons (Fsp3) is 0.235. The number of aryl methyl sites for hydroxylation is 1. The Morgan fingerprint density at radius 1 is 1.10 bits per heavy atom. The molecular formula is C17H18FNO2. The van der Waals surface area contributed by atoms with Gasteiger partial charge in [0.1, 0.15) is 11.6 Å². The molecule has 2 rings (SSSR count). The molecule has 0 aliphatic carbocycles. The average molecular weight is 287 g/mol. The van der Waals surface area contributed by atoms with Crippen molar-refractivity contribution in [2.45, 2.75) is 12.8 Å². The van der Waals surface area contributed by atoms with Crippen molar-refractivity contribution in [1.82, 2.24) is 5.32 Å². The van der Waals surface area contributed by atoms with E-state index in [9.17, 15) is 9.18 Å². The predicted octanol–water partition coefficient (Wildman–Crippen LogP) is 3.20. The molecule has 2 aromatic carbocycles. The molecule has 0 saturated heterocycles. The molecule has 0 radical (unpaired) electrons. The Morgan fingerprint density at radius 3 is 2.38 bits per heavy atom. The van der Waals surface area contributed by atoms with Crippen LogP contribution in [0, 0.1) is 5.82 Å². The Labute approximate surface area is 123 Å². The molecule has 4 heteroatoms. The Balaban J connectivity index is 1.74. The number of hydrogen-bond acceptors (Lipinski definition) is 2. The summed E-state index contributed by atoms with van der Waals surface area (Å²) in [6.07, 6.45) is 1.62. The van der Waals surface area contributed by atoms with E-state index in [-0.39, 0.29) is 11.7 Å². The van der Waals surface area contributed by atoms with Gasteiger partial charge in [-0.15, -0.1) is 0 Å². The number of ether oxygens (including phenoxy) is 1. The van der Waals surface area contributed by atoms with E-state index in [0.717, 1.165) is 24.2 Å². The maximum atomic E-state index is 12.8. The second-order valence-electron chi connectivity index (χ2n) is 4.71. The van der Waals surface area contributed by atoms with Gasteiger partial charge in [0.15, 0.2) is 0 Å². The lowest BCUT2D eigenvalue weighted by molar-refractivity contribution is 0.0953. The van der Waals surface area contributed by atoms with Crippen LogP contribution >= 0.6 is 0 Å². The van der Waals surface area contributed by atoms with Crippen LogP contribution in [0.25, 0.3) is 0 Å². The van der Waals surface area contributed by atoms with Crippen molar-refractivity contribution in [2.75, 3.05) is 13.7 Å². The number of rotatable bonds is 6. The van der Waals surface area contributed by atoms with Crippen molar-refractivity contribution in [1.29, 1.82) is 0 Å². The highest BCUT2D eigenvalue weighted by atomic mass is 19.1. The Morgan fingerprint density at radius 2 is 1.76 bits per heavy atom. The van der Waals surface area contributed by atoms with Gasteiger partial charge in [0, 0.05) is 12.1 Å². The number of carbonyl (C=O) groups excluding carboxylic acids is 1. The van der Waals surface area contributed by atoms with Crippen molar-refractivity contribution in [3.05, 3.63) is 65.5 Å². The molecule has 1 N–H and O–H groups in total. The van der Waals surface area contributed by atoms with Gasteiger partial charge in [-0.25, -0.2) is 4.39 Å². The van der Waals surface area contributed by atoms with Crippen molar-refractivity contribution < 1.29 is 13.9 Å². The summed E-state index contributed by atoms with van der Waals surface area (Å²) in [5, 5.41) is 2.86. The van der Waals surface area contributed by atoms with Crippen LogP contribution in [-0.2, 0) is 6.42 Å². The van der Waals surface area contributed by atoms with Crippen LogP contribution in [0.3, 0.4) is 0 Å². The zero-order chi connectivity index (χ0) is 15.1. The summed E-state index contributed by atoms with van der Waals surface area (Å²) in [7, 11) is 1.59. The van der Waals surface area contributed by atoms with Crippen LogP contribution in [0.15, 0.2) is 48.5 Å². The van der Waals surface area contributed by atoms with Gasteiger partial charge in [0.25, 0.3) is 5.91 Å². The highest BCUT2D eigenvalue weighted by molar-refractivity contribution is 5.94. The van der Waals surface area contributed by atoms with Crippen molar-refractivity contribution in [3.8, 4) is 5.75 Å². The number of nitrogens with one attached hydrogen (secondary N) is 1. The molecule has 0 aromatic heterocycles. The summed E-state index contributed by atoms with van der Waals surface area (Å²) in [5.41, 5.74) is 1.67. The summed E-state index contributed by atoms with van der Waals surface area (Å²) in [5.74, 6) is 0.395. The highest BCUT2D eigenvalue weighted by Gasteiger charge is 2.04. The van der Waals surface area contributed by atoms with Gasteiger partial charge >= 0.3 is 0 Å². The highest BCUT2D eigenvalue weighted by Crippen LogP contribution is 2.11. The molecule has 3 nitrogen and oxygen atoms in total. The minimum Gasteiger partial charge on any atom is -0.497 e. The fourth-order valence-corrected chi connectivity index (χ4v) is 1.99. The van der Waals surface area contributed by atoms with E-state index in [1.54, 1.807) is 43.5 Å². The average Bonchev–Trinajstić information content (AvgIpc) is 2.53. The molecule has 0 saturated carbocycles. The number of halogens is 1. The number of amides is 1. The first kappa shape index (κ1) is 15.0. The van der Waals surface area contributed by atoms with Crippen LogP contribution in [0.5, 0.6) is 5.75 Å². The summed E-state index contributed by atoms with van der Waals surface area (Å²) in [4.78, 5) is 11.9. The minimum atomic E-state index is -0.230. The topological polar surface area (TPSA) is 38.3 Å². The van der Waals surface area contributed by atoms with Gasteiger partial charge in [-0.1, -0.05) is 12.1 Å². The largest absolute Gasteiger partial charge is 0.497 e. The molecule has 110 valence electrons. The van der Waals surface area contributed by atoms with Crippen LogP contribution in [0.2, 0.25) is 0 Å². The third kappa shape index (κ3) is 4.60. The van der Waals surface area contributed by atoms with Crippen molar-refractivity contribution >= 4 is 5.91 Å². The fourth-order valence-electron chi connectivity index (χ4n) is 1.99. The van der Waals surface area contributed by atoms with E-state index in [2.05, 4.69) is 5.32 Å². The maximum absolute atomic E-state index is 12.8. The lowest BCUT2D eigenvalue weighted by Gasteiger charge is -2.06. The molecular weight excluding hydrogens is 269 g/mol. The Bertz CT molecular complexity index is 579. The van der Waals surface area contributed by atoms with Gasteiger partial charge in [0.2, 0.25) is 0 Å². The van der Waals surface area contributed by atoms with E-state index in [1.165, 1.54) is 12.1 Å². The smallest absolute Gasteiger partial charge is 0.251 e. The predicted molar refractivity (Wildman–Crippen MR) is 80.0 cm³/mol. The standard InChI is InChI=1S/C17H18FNO2/c1-21-16-10-6-14(7-11-16)17(20)19-12-2-3-13-4-8-15(18)9-5-13/h4-11H,2-3,12H2,1H3,(H,19,20). The Hall–Kier alpha value is -2.36. The van der Waals surface area contributed by atoms with Gasteiger partial charge in [-0.2, -0.15) is 0 Å². The van der Waals surface area contributed by atoms with Crippen molar-refractivity contribution in [2.24, 2.45) is 0 Å². The molecule has 21 heavy (non-hydrogen) atoms. The number of hydrogen-bond donors (Lipinski definition) is 1. The lowest BCUT2D eigenvalue weighted by atomic mass is 10.1. The maximum Gasteiger partial charge on any atom is 0.251 e. The third-order valence-corrected chi connectivity index (χ3v) is 3.19. The quantitative estimate of drug-likeness (QED) is 0.829. The summed E-state index contributed by atoms with van der Waals surface area (Å²) >= 11 is 0. The van der Waals surface area contributed by atoms with Gasteiger partial charge in [-0.05, 0) is 54.8 Å². The molecule has 0 heterocycles. The molecule has 0 fully saturated rings. The van der Waals surface area contributed by atoms with Crippen LogP contribution in [-0.4, -0.2) is 19.6 Å². The second-order valence-corrected chi connectivity index (χ2v) is 4.71.